The van der Waals surface area contributed by atoms with E-state index in [0.717, 1.165) is 5.56 Å². The number of nitrogens with zero attached hydrogens (tertiary/aromatic N) is 1. The van der Waals surface area contributed by atoms with Gasteiger partial charge in [-0.3, -0.25) is 4.79 Å². The highest BCUT2D eigenvalue weighted by Gasteiger charge is 2.10. The summed E-state index contributed by atoms with van der Waals surface area (Å²) in [6, 6.07) is 8.73. The third-order valence-electron chi connectivity index (χ3n) is 2.71. The second kappa shape index (κ2) is 5.77. The van der Waals surface area contributed by atoms with Gasteiger partial charge in [-0.15, -0.1) is 0 Å². The number of hydrogen-bond acceptors (Lipinski definition) is 3. The topological polar surface area (TPSA) is 57.8 Å². The van der Waals surface area contributed by atoms with Crippen LogP contribution < -0.4 is 10.9 Å². The fourth-order valence-corrected chi connectivity index (χ4v) is 1.82. The second-order valence-electron chi connectivity index (χ2n) is 5.70. The lowest BCUT2D eigenvalue weighted by atomic mass is 10.1. The molecule has 0 fully saturated rings. The van der Waals surface area contributed by atoms with Gasteiger partial charge in [0.15, 0.2) is 0 Å². The summed E-state index contributed by atoms with van der Waals surface area (Å²) in [5.41, 5.74) is 1.37. The van der Waals surface area contributed by atoms with Crippen molar-refractivity contribution in [1.29, 1.82) is 0 Å². The summed E-state index contributed by atoms with van der Waals surface area (Å²) in [7, 11) is 0. The molecule has 0 saturated heterocycles. The Kier molecular flexibility index (Phi) is 4.26. The fourth-order valence-electron chi connectivity index (χ4n) is 1.70. The Morgan fingerprint density at radius 2 is 1.90 bits per heavy atom. The fraction of sp³-hybridized carbons (Fsp3) is 0.333. The third-order valence-corrected chi connectivity index (χ3v) is 2.96. The monoisotopic (exact) mass is 291 g/mol. The van der Waals surface area contributed by atoms with Crippen LogP contribution in [0.3, 0.4) is 0 Å². The minimum absolute atomic E-state index is 0.0231. The van der Waals surface area contributed by atoms with Crippen molar-refractivity contribution in [3.8, 4) is 11.4 Å². The second-order valence-corrected chi connectivity index (χ2v) is 6.13. The molecule has 0 atom stereocenters. The van der Waals surface area contributed by atoms with E-state index >= 15 is 0 Å². The van der Waals surface area contributed by atoms with Crippen molar-refractivity contribution in [3.63, 3.8) is 0 Å². The van der Waals surface area contributed by atoms with Crippen molar-refractivity contribution in [1.82, 2.24) is 15.3 Å². The number of aromatic amines is 1. The standard InChI is InChI=1S/C15H18ClN3O/c1-15(2,3)17-9-12-8-13(20)19-14(18-12)10-4-6-11(16)7-5-10/h4-8,17H,9H2,1-3H3,(H,18,19,20). The minimum Gasteiger partial charge on any atom is -0.307 e. The average Bonchev–Trinajstić information content (AvgIpc) is 2.36. The highest BCUT2D eigenvalue weighted by Crippen LogP contribution is 2.17. The van der Waals surface area contributed by atoms with E-state index in [1.54, 1.807) is 12.1 Å². The number of nitrogens with one attached hydrogen (secondary N) is 2. The first-order valence-corrected chi connectivity index (χ1v) is 6.82. The van der Waals surface area contributed by atoms with Gasteiger partial charge in [-0.1, -0.05) is 11.6 Å². The van der Waals surface area contributed by atoms with E-state index in [1.165, 1.54) is 6.07 Å². The summed E-state index contributed by atoms with van der Waals surface area (Å²) < 4.78 is 0. The Balaban J connectivity index is 2.29. The molecule has 0 aliphatic rings. The molecule has 0 amide bonds. The van der Waals surface area contributed by atoms with E-state index in [0.29, 0.717) is 23.1 Å². The maximum atomic E-state index is 11.7. The molecule has 1 heterocycles. The molecule has 0 aliphatic heterocycles. The van der Waals surface area contributed by atoms with Crippen LogP contribution in [0.25, 0.3) is 11.4 Å². The van der Waals surface area contributed by atoms with Crippen molar-refractivity contribution in [3.05, 3.63) is 51.4 Å². The number of aromatic nitrogens is 2. The maximum Gasteiger partial charge on any atom is 0.251 e. The zero-order chi connectivity index (χ0) is 14.8. The van der Waals surface area contributed by atoms with E-state index < -0.39 is 0 Å². The van der Waals surface area contributed by atoms with Crippen molar-refractivity contribution < 1.29 is 0 Å². The van der Waals surface area contributed by atoms with Crippen molar-refractivity contribution >= 4 is 11.6 Å². The van der Waals surface area contributed by atoms with Crippen LogP contribution >= 0.6 is 11.6 Å². The smallest absolute Gasteiger partial charge is 0.251 e. The van der Waals surface area contributed by atoms with Gasteiger partial charge in [-0.2, -0.15) is 0 Å². The van der Waals surface area contributed by atoms with Crippen LogP contribution in [0.4, 0.5) is 0 Å². The summed E-state index contributed by atoms with van der Waals surface area (Å²) in [5.74, 6) is 0.555. The molecule has 0 radical (unpaired) electrons. The summed E-state index contributed by atoms with van der Waals surface area (Å²) in [6.07, 6.45) is 0. The molecule has 1 aromatic heterocycles. The van der Waals surface area contributed by atoms with Crippen LogP contribution in [0.1, 0.15) is 26.5 Å². The summed E-state index contributed by atoms with van der Waals surface area (Å²) in [4.78, 5) is 18.9. The van der Waals surface area contributed by atoms with E-state index in [2.05, 4.69) is 36.1 Å². The largest absolute Gasteiger partial charge is 0.307 e. The highest BCUT2D eigenvalue weighted by atomic mass is 35.5. The third kappa shape index (κ3) is 4.18. The van der Waals surface area contributed by atoms with E-state index in [1.807, 2.05) is 12.1 Å². The lowest BCUT2D eigenvalue weighted by molar-refractivity contribution is 0.421. The molecule has 2 N–H and O–H groups in total. The molecule has 2 rings (SSSR count). The van der Waals surface area contributed by atoms with Crippen molar-refractivity contribution in [2.24, 2.45) is 0 Å². The molecule has 0 saturated carbocycles. The molecule has 2 aromatic rings. The molecular formula is C15H18ClN3O. The van der Waals surface area contributed by atoms with E-state index in [-0.39, 0.29) is 11.1 Å². The number of benzene rings is 1. The van der Waals surface area contributed by atoms with E-state index in [4.69, 9.17) is 11.6 Å². The van der Waals surface area contributed by atoms with Crippen LogP contribution in [0, 0.1) is 0 Å². The first-order chi connectivity index (χ1) is 9.33. The molecule has 5 heteroatoms. The van der Waals surface area contributed by atoms with Crippen LogP contribution in [0.5, 0.6) is 0 Å². The zero-order valence-electron chi connectivity index (χ0n) is 11.8. The van der Waals surface area contributed by atoms with Crippen molar-refractivity contribution in [2.45, 2.75) is 32.9 Å². The predicted molar refractivity (Wildman–Crippen MR) is 81.9 cm³/mol. The summed E-state index contributed by atoms with van der Waals surface area (Å²) >= 11 is 5.86. The van der Waals surface area contributed by atoms with Gasteiger partial charge in [-0.05, 0) is 45.0 Å². The Morgan fingerprint density at radius 1 is 1.25 bits per heavy atom. The van der Waals surface area contributed by atoms with Gasteiger partial charge in [0.25, 0.3) is 5.56 Å². The number of hydrogen-bond donors (Lipinski definition) is 2. The molecule has 20 heavy (non-hydrogen) atoms. The molecule has 0 unspecified atom stereocenters. The first kappa shape index (κ1) is 14.8. The number of halogens is 1. The van der Waals surface area contributed by atoms with E-state index in [9.17, 15) is 4.79 Å². The quantitative estimate of drug-likeness (QED) is 0.914. The first-order valence-electron chi connectivity index (χ1n) is 6.45. The highest BCUT2D eigenvalue weighted by molar-refractivity contribution is 6.30. The van der Waals surface area contributed by atoms with Gasteiger partial charge >= 0.3 is 0 Å². The molecule has 0 aliphatic carbocycles. The van der Waals surface area contributed by atoms with Crippen LogP contribution in [0.2, 0.25) is 5.02 Å². The number of H-pyrrole nitrogens is 1. The van der Waals surface area contributed by atoms with Gasteiger partial charge in [0.2, 0.25) is 0 Å². The van der Waals surface area contributed by atoms with Crippen LogP contribution in [0.15, 0.2) is 35.1 Å². The lowest BCUT2D eigenvalue weighted by Gasteiger charge is -2.20. The SMILES string of the molecule is CC(C)(C)NCc1cc(=O)[nH]c(-c2ccc(Cl)cc2)n1. The van der Waals surface area contributed by atoms with Crippen molar-refractivity contribution in [2.75, 3.05) is 0 Å². The molecule has 1 aromatic carbocycles. The van der Waals surface area contributed by atoms with Crippen LogP contribution in [-0.4, -0.2) is 15.5 Å². The normalized spacial score (nSPS) is 11.6. The Morgan fingerprint density at radius 3 is 2.50 bits per heavy atom. The minimum atomic E-state index is -0.157. The lowest BCUT2D eigenvalue weighted by Crippen LogP contribution is -2.35. The Bertz CT molecular complexity index is 641. The van der Waals surface area contributed by atoms with Gasteiger partial charge < -0.3 is 10.3 Å². The summed E-state index contributed by atoms with van der Waals surface area (Å²) in [5, 5.41) is 3.97. The molecule has 4 nitrogen and oxygen atoms in total. The maximum absolute atomic E-state index is 11.7. The number of rotatable bonds is 3. The summed E-state index contributed by atoms with van der Waals surface area (Å²) in [6.45, 7) is 6.76. The predicted octanol–water partition coefficient (Wildman–Crippen LogP) is 2.98. The molecule has 0 bridgehead atoms. The molecule has 106 valence electrons. The van der Waals surface area contributed by atoms with Gasteiger partial charge in [0.05, 0.1) is 5.69 Å². The Hall–Kier alpha value is -1.65. The zero-order valence-corrected chi connectivity index (χ0v) is 12.6. The molecular weight excluding hydrogens is 274 g/mol. The Labute approximate surface area is 123 Å². The average molecular weight is 292 g/mol. The van der Waals surface area contributed by atoms with Gasteiger partial charge in [-0.25, -0.2) is 4.98 Å². The van der Waals surface area contributed by atoms with Crippen LogP contribution in [-0.2, 0) is 6.54 Å². The van der Waals surface area contributed by atoms with Gasteiger partial charge in [0.1, 0.15) is 5.82 Å². The molecule has 0 spiro atoms. The van der Waals surface area contributed by atoms with Gasteiger partial charge in [0, 0.05) is 28.7 Å².